The van der Waals surface area contributed by atoms with Crippen LogP contribution >= 0.6 is 0 Å². The molecule has 0 spiro atoms. The topological polar surface area (TPSA) is 44.8 Å². The summed E-state index contributed by atoms with van der Waals surface area (Å²) in [5.41, 5.74) is 3.98. The third-order valence-corrected chi connectivity index (χ3v) is 14.0. The number of benzene rings is 1. The molecule has 2 aliphatic carbocycles. The van der Waals surface area contributed by atoms with E-state index in [1.807, 2.05) is 24.3 Å². The molecule has 4 nitrogen and oxygen atoms in total. The van der Waals surface area contributed by atoms with Gasteiger partial charge in [0.1, 0.15) is 11.5 Å². The zero-order valence-corrected chi connectivity index (χ0v) is 22.7. The number of hydrogen-bond acceptors (Lipinski definition) is 4. The monoisotopic (exact) mass is 472 g/mol. The minimum absolute atomic E-state index is 0.0136. The van der Waals surface area contributed by atoms with E-state index in [9.17, 15) is 4.79 Å². The summed E-state index contributed by atoms with van der Waals surface area (Å²) in [5.74, 6) is 1.51. The fourth-order valence-electron chi connectivity index (χ4n) is 6.33. The Balaban J connectivity index is 1.79. The lowest BCUT2D eigenvalue weighted by Gasteiger charge is -2.47. The molecular formula is C28H44O4Si. The van der Waals surface area contributed by atoms with Gasteiger partial charge in [-0.3, -0.25) is 4.79 Å². The number of hydrogen-bond donors (Lipinski definition) is 0. The lowest BCUT2D eigenvalue weighted by molar-refractivity contribution is -0.125. The van der Waals surface area contributed by atoms with Crippen LogP contribution in [0.2, 0.25) is 16.6 Å². The van der Waals surface area contributed by atoms with Gasteiger partial charge in [-0.15, -0.1) is 0 Å². The predicted molar refractivity (Wildman–Crippen MR) is 137 cm³/mol. The normalized spacial score (nSPS) is 23.8. The molecule has 1 saturated carbocycles. The summed E-state index contributed by atoms with van der Waals surface area (Å²) in [6.45, 7) is 15.1. The molecule has 1 fully saturated rings. The van der Waals surface area contributed by atoms with E-state index < -0.39 is 8.32 Å². The molecule has 33 heavy (non-hydrogen) atoms. The van der Waals surface area contributed by atoms with Gasteiger partial charge in [0.2, 0.25) is 8.32 Å². The number of fused-ring (bicyclic) bond motifs is 2. The first-order valence-corrected chi connectivity index (χ1v) is 15.0. The second-order valence-electron chi connectivity index (χ2n) is 10.8. The van der Waals surface area contributed by atoms with Crippen molar-refractivity contribution in [1.82, 2.24) is 0 Å². The predicted octanol–water partition coefficient (Wildman–Crippen LogP) is 7.09. The lowest BCUT2D eigenvalue weighted by Crippen LogP contribution is -2.53. The average Bonchev–Trinajstić information content (AvgIpc) is 2.84. The van der Waals surface area contributed by atoms with Crippen LogP contribution in [0.3, 0.4) is 0 Å². The molecule has 1 aromatic rings. The smallest absolute Gasteiger partial charge is 0.201 e. The van der Waals surface area contributed by atoms with Crippen molar-refractivity contribution in [3.8, 4) is 5.75 Å². The summed E-state index contributed by atoms with van der Waals surface area (Å²) >= 11 is 0. The highest BCUT2D eigenvalue weighted by molar-refractivity contribution is 6.77. The average molecular weight is 473 g/mol. The molecule has 0 amide bonds. The van der Waals surface area contributed by atoms with Gasteiger partial charge in [-0.05, 0) is 59.2 Å². The zero-order valence-electron chi connectivity index (χ0n) is 21.7. The maximum Gasteiger partial charge on any atom is 0.201 e. The van der Waals surface area contributed by atoms with Gasteiger partial charge in [0.05, 0.1) is 26.4 Å². The van der Waals surface area contributed by atoms with E-state index in [0.717, 1.165) is 30.6 Å². The van der Waals surface area contributed by atoms with E-state index >= 15 is 0 Å². The molecule has 2 bridgehead atoms. The Kier molecular flexibility index (Phi) is 8.99. The lowest BCUT2D eigenvalue weighted by atomic mass is 9.81. The Bertz CT molecular complexity index is 790. The number of ketones is 1. The van der Waals surface area contributed by atoms with Gasteiger partial charge >= 0.3 is 0 Å². The fourth-order valence-corrected chi connectivity index (χ4v) is 11.9. The zero-order chi connectivity index (χ0) is 24.2. The van der Waals surface area contributed by atoms with E-state index in [1.165, 1.54) is 5.57 Å². The number of allylic oxidation sites excluding steroid dienone is 1. The van der Waals surface area contributed by atoms with E-state index in [2.05, 4.69) is 47.6 Å². The van der Waals surface area contributed by atoms with Crippen molar-refractivity contribution in [2.45, 2.75) is 96.6 Å². The Morgan fingerprint density at radius 3 is 2.18 bits per heavy atom. The number of rotatable bonds is 10. The minimum atomic E-state index is -2.10. The van der Waals surface area contributed by atoms with E-state index in [4.69, 9.17) is 13.9 Å². The van der Waals surface area contributed by atoms with Crippen LogP contribution in [-0.2, 0) is 20.6 Å². The Labute approximate surface area is 202 Å². The van der Waals surface area contributed by atoms with Crippen molar-refractivity contribution in [3.05, 3.63) is 41.5 Å². The first-order valence-electron chi connectivity index (χ1n) is 12.8. The van der Waals surface area contributed by atoms with Gasteiger partial charge in [0, 0.05) is 18.3 Å². The maximum atomic E-state index is 13.2. The van der Waals surface area contributed by atoms with E-state index in [-0.39, 0.29) is 17.9 Å². The summed E-state index contributed by atoms with van der Waals surface area (Å²) in [6, 6.07) is 8.03. The minimum Gasteiger partial charge on any atom is -0.497 e. The number of ether oxygens (including phenoxy) is 2. The second kappa shape index (κ2) is 11.3. The molecule has 2 aliphatic rings. The molecule has 0 aliphatic heterocycles. The molecule has 5 heteroatoms. The van der Waals surface area contributed by atoms with E-state index in [0.29, 0.717) is 42.0 Å². The van der Waals surface area contributed by atoms with Crippen LogP contribution in [0.4, 0.5) is 0 Å². The molecule has 0 N–H and O–H groups in total. The van der Waals surface area contributed by atoms with Gasteiger partial charge in [-0.1, -0.05) is 59.8 Å². The summed E-state index contributed by atoms with van der Waals surface area (Å²) in [4.78, 5) is 13.2. The second-order valence-corrected chi connectivity index (χ2v) is 16.2. The Morgan fingerprint density at radius 2 is 1.61 bits per heavy atom. The molecule has 0 radical (unpaired) electrons. The first kappa shape index (κ1) is 26.2. The van der Waals surface area contributed by atoms with Crippen molar-refractivity contribution in [2.75, 3.05) is 13.7 Å². The summed E-state index contributed by atoms with van der Waals surface area (Å²) < 4.78 is 18.7. The van der Waals surface area contributed by atoms with Crippen molar-refractivity contribution in [1.29, 1.82) is 0 Å². The number of methoxy groups -OCH3 is 1. The van der Waals surface area contributed by atoms with Crippen molar-refractivity contribution < 1.29 is 18.7 Å². The fraction of sp³-hybridized carbons (Fsp3) is 0.679. The molecule has 0 unspecified atom stereocenters. The van der Waals surface area contributed by atoms with Crippen LogP contribution in [0.25, 0.3) is 0 Å². The van der Waals surface area contributed by atoms with Gasteiger partial charge in [-0.2, -0.15) is 0 Å². The van der Waals surface area contributed by atoms with Gasteiger partial charge in [-0.25, -0.2) is 0 Å². The van der Waals surface area contributed by atoms with Crippen LogP contribution in [0.5, 0.6) is 5.75 Å². The quantitative estimate of drug-likeness (QED) is 0.269. The maximum absolute atomic E-state index is 13.2. The van der Waals surface area contributed by atoms with Crippen molar-refractivity contribution in [2.24, 2.45) is 11.8 Å². The van der Waals surface area contributed by atoms with Gasteiger partial charge < -0.3 is 13.9 Å². The number of carbonyl (C=O) groups is 1. The molecule has 0 heterocycles. The molecule has 1 aromatic carbocycles. The molecule has 184 valence electrons. The largest absolute Gasteiger partial charge is 0.497 e. The van der Waals surface area contributed by atoms with Crippen LogP contribution in [-0.4, -0.2) is 33.9 Å². The van der Waals surface area contributed by atoms with Crippen LogP contribution in [0, 0.1) is 11.8 Å². The SMILES string of the molecule is COc1ccc(COC[C@@H]2CCC(=O)[C@@H]3CCC=C2[C@@H]3O[Si](C(C)C)(C(C)C)C(C)C)cc1. The van der Waals surface area contributed by atoms with Gasteiger partial charge in [0.25, 0.3) is 0 Å². The summed E-state index contributed by atoms with van der Waals surface area (Å²) in [6.07, 6.45) is 5.70. The number of Topliss-reactive ketones (excluding diaryl/α,β-unsaturated/α-hetero) is 1. The Morgan fingerprint density at radius 1 is 0.970 bits per heavy atom. The van der Waals surface area contributed by atoms with Gasteiger partial charge in [0.15, 0.2) is 0 Å². The van der Waals surface area contributed by atoms with Crippen molar-refractivity contribution >= 4 is 14.1 Å². The summed E-state index contributed by atoms with van der Waals surface area (Å²) in [7, 11) is -0.423. The van der Waals surface area contributed by atoms with Crippen LogP contribution in [0.15, 0.2) is 35.9 Å². The first-order chi connectivity index (χ1) is 15.7. The highest BCUT2D eigenvalue weighted by Gasteiger charge is 2.50. The third-order valence-electron chi connectivity index (χ3n) is 7.96. The van der Waals surface area contributed by atoms with Crippen LogP contribution < -0.4 is 4.74 Å². The molecule has 3 atom stereocenters. The van der Waals surface area contributed by atoms with E-state index in [1.54, 1.807) is 7.11 Å². The van der Waals surface area contributed by atoms with Crippen LogP contribution in [0.1, 0.15) is 72.8 Å². The highest BCUT2D eigenvalue weighted by Crippen LogP contribution is 2.48. The highest BCUT2D eigenvalue weighted by atomic mass is 28.4. The molecule has 3 rings (SSSR count). The Hall–Kier alpha value is -1.43. The molecule has 0 aromatic heterocycles. The summed E-state index contributed by atoms with van der Waals surface area (Å²) in [5, 5.41) is 0. The standard InChI is InChI=1S/C28H44O4Si/c1-19(2)33(20(3)4,21(5)6)32-28-25-9-8-10-26(28)27(29)16-13-23(25)18-31-17-22-11-14-24(30-7)15-12-22/h9,11-12,14-15,19-21,23,26,28H,8,10,13,16-18H2,1-7H3/t23-,26-,28-/m0/s1. The number of carbonyl (C=O) groups excluding carboxylic acids is 1. The van der Waals surface area contributed by atoms with Crippen molar-refractivity contribution in [3.63, 3.8) is 0 Å². The molecule has 0 saturated heterocycles. The molecular weight excluding hydrogens is 428 g/mol. The third kappa shape index (κ3) is 5.63.